The smallest absolute Gasteiger partial charge is 0.310 e. The predicted octanol–water partition coefficient (Wildman–Crippen LogP) is 1.58. The molecule has 0 saturated carbocycles. The number of aliphatic carboxylic acids is 1. The molecule has 1 rings (SSSR count). The van der Waals surface area contributed by atoms with Gasteiger partial charge in [-0.1, -0.05) is 0 Å². The van der Waals surface area contributed by atoms with Gasteiger partial charge in [0.2, 0.25) is 0 Å². The lowest BCUT2D eigenvalue weighted by atomic mass is 9.81. The minimum Gasteiger partial charge on any atom is -0.481 e. The summed E-state index contributed by atoms with van der Waals surface area (Å²) in [6, 6.07) is 0.457. The third-order valence-electron chi connectivity index (χ3n) is 2.97. The fourth-order valence-corrected chi connectivity index (χ4v) is 1.89. The minimum atomic E-state index is -0.655. The molecule has 76 valence electrons. The zero-order chi connectivity index (χ0) is 10.1. The molecule has 13 heavy (non-hydrogen) atoms. The summed E-state index contributed by atoms with van der Waals surface area (Å²) in [7, 11) is 0. The van der Waals surface area contributed by atoms with Crippen molar-refractivity contribution in [2.24, 2.45) is 5.41 Å². The number of rotatable bonds is 2. The Labute approximate surface area is 79.7 Å². The summed E-state index contributed by atoms with van der Waals surface area (Å²) in [5, 5.41) is 9.07. The van der Waals surface area contributed by atoms with Crippen LogP contribution in [0.25, 0.3) is 0 Å². The molecule has 1 heterocycles. The standard InChI is InChI=1S/C10H19NO2/c1-8(2)11-6-4-5-10(3,7-11)9(12)13/h8H,4-7H2,1-3H3,(H,12,13). The number of likely N-dealkylation sites (tertiary alicyclic amines) is 1. The van der Waals surface area contributed by atoms with Gasteiger partial charge in [0.25, 0.3) is 0 Å². The van der Waals surface area contributed by atoms with Crippen molar-refractivity contribution in [1.29, 1.82) is 0 Å². The highest BCUT2D eigenvalue weighted by molar-refractivity contribution is 5.74. The molecule has 1 saturated heterocycles. The molecule has 1 unspecified atom stereocenters. The van der Waals surface area contributed by atoms with E-state index in [-0.39, 0.29) is 0 Å². The third kappa shape index (κ3) is 2.21. The van der Waals surface area contributed by atoms with Crippen molar-refractivity contribution in [2.45, 2.75) is 39.7 Å². The van der Waals surface area contributed by atoms with Crippen molar-refractivity contribution < 1.29 is 9.90 Å². The normalized spacial score (nSPS) is 30.8. The van der Waals surface area contributed by atoms with Crippen LogP contribution in [0.3, 0.4) is 0 Å². The van der Waals surface area contributed by atoms with Crippen LogP contribution in [0.2, 0.25) is 0 Å². The molecular weight excluding hydrogens is 166 g/mol. The Morgan fingerprint density at radius 3 is 2.62 bits per heavy atom. The lowest BCUT2D eigenvalue weighted by Crippen LogP contribution is -2.48. The average molecular weight is 185 g/mol. The summed E-state index contributed by atoms with van der Waals surface area (Å²) < 4.78 is 0. The van der Waals surface area contributed by atoms with E-state index in [1.807, 2.05) is 6.92 Å². The first-order valence-electron chi connectivity index (χ1n) is 4.93. The van der Waals surface area contributed by atoms with E-state index in [4.69, 9.17) is 5.11 Å². The second-order valence-corrected chi connectivity index (χ2v) is 4.53. The molecule has 1 fully saturated rings. The molecule has 1 aliphatic rings. The van der Waals surface area contributed by atoms with Gasteiger partial charge in [-0.05, 0) is 40.2 Å². The highest BCUT2D eigenvalue weighted by Gasteiger charge is 2.38. The van der Waals surface area contributed by atoms with E-state index in [2.05, 4.69) is 18.7 Å². The third-order valence-corrected chi connectivity index (χ3v) is 2.97. The summed E-state index contributed by atoms with van der Waals surface area (Å²) in [4.78, 5) is 13.3. The van der Waals surface area contributed by atoms with Gasteiger partial charge in [-0.2, -0.15) is 0 Å². The average Bonchev–Trinajstić information content (AvgIpc) is 2.04. The van der Waals surface area contributed by atoms with Crippen LogP contribution in [0.1, 0.15) is 33.6 Å². The monoisotopic (exact) mass is 185 g/mol. The highest BCUT2D eigenvalue weighted by atomic mass is 16.4. The second kappa shape index (κ2) is 3.66. The summed E-state index contributed by atoms with van der Waals surface area (Å²) in [5.74, 6) is -0.655. The number of piperidine rings is 1. The van der Waals surface area contributed by atoms with E-state index in [1.165, 1.54) is 0 Å². The fraction of sp³-hybridized carbons (Fsp3) is 0.900. The number of hydrogen-bond acceptors (Lipinski definition) is 2. The zero-order valence-electron chi connectivity index (χ0n) is 8.71. The van der Waals surface area contributed by atoms with Crippen LogP contribution in [0.5, 0.6) is 0 Å². The molecule has 0 aromatic carbocycles. The van der Waals surface area contributed by atoms with Crippen molar-refractivity contribution in [2.75, 3.05) is 13.1 Å². The number of nitrogens with zero attached hydrogens (tertiary/aromatic N) is 1. The van der Waals surface area contributed by atoms with Gasteiger partial charge in [-0.3, -0.25) is 9.69 Å². The van der Waals surface area contributed by atoms with E-state index in [1.54, 1.807) is 0 Å². The van der Waals surface area contributed by atoms with Crippen LogP contribution in [-0.2, 0) is 4.79 Å². The van der Waals surface area contributed by atoms with Crippen molar-refractivity contribution in [1.82, 2.24) is 4.90 Å². The van der Waals surface area contributed by atoms with Crippen molar-refractivity contribution in [3.05, 3.63) is 0 Å². The van der Waals surface area contributed by atoms with Crippen molar-refractivity contribution >= 4 is 5.97 Å². The zero-order valence-corrected chi connectivity index (χ0v) is 8.71. The maximum Gasteiger partial charge on any atom is 0.310 e. The maximum atomic E-state index is 11.0. The predicted molar refractivity (Wildman–Crippen MR) is 51.7 cm³/mol. The molecule has 0 spiro atoms. The Balaban J connectivity index is 2.65. The molecule has 1 atom stereocenters. The number of hydrogen-bond donors (Lipinski definition) is 1. The molecule has 3 nitrogen and oxygen atoms in total. The Kier molecular flexibility index (Phi) is 2.96. The number of carbonyl (C=O) groups is 1. The van der Waals surface area contributed by atoms with E-state index in [0.29, 0.717) is 12.6 Å². The fourth-order valence-electron chi connectivity index (χ4n) is 1.89. The van der Waals surface area contributed by atoms with Crippen molar-refractivity contribution in [3.63, 3.8) is 0 Å². The quantitative estimate of drug-likeness (QED) is 0.710. The van der Waals surface area contributed by atoms with Crippen LogP contribution >= 0.6 is 0 Å². The van der Waals surface area contributed by atoms with Gasteiger partial charge in [0, 0.05) is 12.6 Å². The van der Waals surface area contributed by atoms with Gasteiger partial charge >= 0.3 is 5.97 Å². The number of carboxylic acids is 1. The summed E-state index contributed by atoms with van der Waals surface area (Å²) >= 11 is 0. The van der Waals surface area contributed by atoms with E-state index >= 15 is 0 Å². The lowest BCUT2D eigenvalue weighted by molar-refractivity contribution is -0.151. The van der Waals surface area contributed by atoms with E-state index in [9.17, 15) is 4.79 Å². The summed E-state index contributed by atoms with van der Waals surface area (Å²) in [5.41, 5.74) is -0.525. The molecule has 0 aliphatic carbocycles. The minimum absolute atomic E-state index is 0.457. The summed E-state index contributed by atoms with van der Waals surface area (Å²) in [6.07, 6.45) is 1.81. The van der Waals surface area contributed by atoms with E-state index in [0.717, 1.165) is 19.4 Å². The molecule has 0 aromatic rings. The Morgan fingerprint density at radius 1 is 1.54 bits per heavy atom. The van der Waals surface area contributed by atoms with Gasteiger partial charge in [-0.15, -0.1) is 0 Å². The van der Waals surface area contributed by atoms with Crippen LogP contribution in [0.15, 0.2) is 0 Å². The number of carboxylic acid groups (broad SMARTS) is 1. The molecule has 0 aromatic heterocycles. The molecule has 0 amide bonds. The lowest BCUT2D eigenvalue weighted by Gasteiger charge is -2.39. The van der Waals surface area contributed by atoms with Gasteiger partial charge in [0.1, 0.15) is 0 Å². The van der Waals surface area contributed by atoms with Gasteiger partial charge in [-0.25, -0.2) is 0 Å². The first kappa shape index (κ1) is 10.5. The van der Waals surface area contributed by atoms with Crippen LogP contribution in [-0.4, -0.2) is 35.1 Å². The van der Waals surface area contributed by atoms with Crippen LogP contribution < -0.4 is 0 Å². The molecule has 1 aliphatic heterocycles. The Hall–Kier alpha value is -0.570. The maximum absolute atomic E-state index is 11.0. The van der Waals surface area contributed by atoms with Crippen LogP contribution in [0, 0.1) is 5.41 Å². The highest BCUT2D eigenvalue weighted by Crippen LogP contribution is 2.30. The van der Waals surface area contributed by atoms with Gasteiger partial charge in [0.05, 0.1) is 5.41 Å². The molecule has 0 radical (unpaired) electrons. The van der Waals surface area contributed by atoms with E-state index < -0.39 is 11.4 Å². The first-order chi connectivity index (χ1) is 5.96. The molecular formula is C10H19NO2. The largest absolute Gasteiger partial charge is 0.481 e. The summed E-state index contributed by atoms with van der Waals surface area (Å²) in [6.45, 7) is 7.82. The molecule has 1 N–H and O–H groups in total. The SMILES string of the molecule is CC(C)N1CCCC(C)(C(=O)O)C1. The molecule has 0 bridgehead atoms. The second-order valence-electron chi connectivity index (χ2n) is 4.53. The van der Waals surface area contributed by atoms with Gasteiger partial charge < -0.3 is 5.11 Å². The van der Waals surface area contributed by atoms with Crippen LogP contribution in [0.4, 0.5) is 0 Å². The van der Waals surface area contributed by atoms with Crippen molar-refractivity contribution in [3.8, 4) is 0 Å². The molecule has 3 heteroatoms. The topological polar surface area (TPSA) is 40.5 Å². The first-order valence-corrected chi connectivity index (χ1v) is 4.93. The Morgan fingerprint density at radius 2 is 2.15 bits per heavy atom. The van der Waals surface area contributed by atoms with Gasteiger partial charge in [0.15, 0.2) is 0 Å². The Bertz CT molecular complexity index is 203.